The van der Waals surface area contributed by atoms with Gasteiger partial charge in [-0.2, -0.15) is 0 Å². The van der Waals surface area contributed by atoms with Crippen molar-refractivity contribution in [2.45, 2.75) is 6.42 Å². The van der Waals surface area contributed by atoms with E-state index in [9.17, 15) is 5.11 Å². The molecular weight excluding hydrogens is 320 g/mol. The molecule has 0 unspecified atom stereocenters. The lowest BCUT2D eigenvalue weighted by atomic mass is 10.1. The Labute approximate surface area is 126 Å². The molecule has 2 aromatic rings. The Bertz CT molecular complexity index is 612. The summed E-state index contributed by atoms with van der Waals surface area (Å²) in [6.07, 6.45) is 0.891. The van der Waals surface area contributed by atoms with Crippen molar-refractivity contribution in [2.75, 3.05) is 32.8 Å². The molecule has 0 bridgehead atoms. The fourth-order valence-corrected chi connectivity index (χ4v) is 2.90. The van der Waals surface area contributed by atoms with Crippen LogP contribution < -0.4 is 0 Å². The smallest absolute Gasteiger partial charge is 0.141 e. The summed E-state index contributed by atoms with van der Waals surface area (Å²) in [6.45, 7) is 4.60. The zero-order valence-electron chi connectivity index (χ0n) is 11.2. The SMILES string of the molecule is Oc1ccc(Br)c2ccc(CCN3CCOCC3)nc12. The summed E-state index contributed by atoms with van der Waals surface area (Å²) in [5, 5.41) is 10.9. The number of nitrogens with zero attached hydrogens (tertiary/aromatic N) is 2. The van der Waals surface area contributed by atoms with Crippen molar-refractivity contribution in [1.82, 2.24) is 9.88 Å². The van der Waals surface area contributed by atoms with Crippen molar-refractivity contribution in [3.8, 4) is 5.75 Å². The molecule has 0 amide bonds. The quantitative estimate of drug-likeness (QED) is 0.935. The number of phenols is 1. The molecular formula is C15H17BrN2O2. The Morgan fingerprint density at radius 1 is 1.20 bits per heavy atom. The predicted molar refractivity (Wildman–Crippen MR) is 82.1 cm³/mol. The van der Waals surface area contributed by atoms with Crippen LogP contribution >= 0.6 is 15.9 Å². The molecule has 1 saturated heterocycles. The number of rotatable bonds is 3. The Balaban J connectivity index is 1.77. The Morgan fingerprint density at radius 3 is 2.80 bits per heavy atom. The van der Waals surface area contributed by atoms with Gasteiger partial charge in [0.1, 0.15) is 11.3 Å². The fraction of sp³-hybridized carbons (Fsp3) is 0.400. The summed E-state index contributed by atoms with van der Waals surface area (Å²) < 4.78 is 6.30. The summed E-state index contributed by atoms with van der Waals surface area (Å²) >= 11 is 3.48. The van der Waals surface area contributed by atoms with Gasteiger partial charge in [-0.3, -0.25) is 4.90 Å². The van der Waals surface area contributed by atoms with E-state index in [4.69, 9.17) is 4.74 Å². The monoisotopic (exact) mass is 336 g/mol. The lowest BCUT2D eigenvalue weighted by Gasteiger charge is -2.26. The summed E-state index contributed by atoms with van der Waals surface area (Å²) in [6, 6.07) is 7.56. The second-order valence-electron chi connectivity index (χ2n) is 4.97. The molecule has 1 fully saturated rings. The topological polar surface area (TPSA) is 45.6 Å². The average Bonchev–Trinajstić information content (AvgIpc) is 2.50. The highest BCUT2D eigenvalue weighted by Gasteiger charge is 2.11. The number of fused-ring (bicyclic) bond motifs is 1. The van der Waals surface area contributed by atoms with E-state index in [1.807, 2.05) is 18.2 Å². The third-order valence-electron chi connectivity index (χ3n) is 3.63. The molecule has 1 aromatic carbocycles. The minimum absolute atomic E-state index is 0.233. The molecule has 5 heteroatoms. The predicted octanol–water partition coefficient (Wildman–Crippen LogP) is 2.58. The largest absolute Gasteiger partial charge is 0.506 e. The summed E-state index contributed by atoms with van der Waals surface area (Å²) in [5.74, 6) is 0.233. The van der Waals surface area contributed by atoms with E-state index in [-0.39, 0.29) is 5.75 Å². The Kier molecular flexibility index (Phi) is 4.19. The van der Waals surface area contributed by atoms with Gasteiger partial charge in [-0.05, 0) is 24.3 Å². The van der Waals surface area contributed by atoms with Crippen LogP contribution in [0.5, 0.6) is 5.75 Å². The number of pyridine rings is 1. The number of halogens is 1. The molecule has 0 spiro atoms. The lowest BCUT2D eigenvalue weighted by molar-refractivity contribution is 0.0383. The first kappa shape index (κ1) is 13.8. The highest BCUT2D eigenvalue weighted by atomic mass is 79.9. The Hall–Kier alpha value is -1.17. The van der Waals surface area contributed by atoms with Gasteiger partial charge < -0.3 is 9.84 Å². The van der Waals surface area contributed by atoms with E-state index < -0.39 is 0 Å². The number of hydrogen-bond donors (Lipinski definition) is 1. The van der Waals surface area contributed by atoms with Crippen LogP contribution in [0, 0.1) is 0 Å². The molecule has 2 heterocycles. The summed E-state index contributed by atoms with van der Waals surface area (Å²) in [5.41, 5.74) is 1.68. The van der Waals surface area contributed by atoms with Crippen LogP contribution in [-0.4, -0.2) is 47.8 Å². The zero-order valence-corrected chi connectivity index (χ0v) is 12.8. The maximum absolute atomic E-state index is 9.93. The van der Waals surface area contributed by atoms with Crippen molar-refractivity contribution in [3.05, 3.63) is 34.4 Å². The van der Waals surface area contributed by atoms with Crippen LogP contribution in [-0.2, 0) is 11.2 Å². The number of aromatic nitrogens is 1. The van der Waals surface area contributed by atoms with Gasteiger partial charge in [0.2, 0.25) is 0 Å². The molecule has 3 rings (SSSR count). The first-order chi connectivity index (χ1) is 9.74. The molecule has 1 aromatic heterocycles. The maximum atomic E-state index is 9.93. The Morgan fingerprint density at radius 2 is 2.00 bits per heavy atom. The normalized spacial score (nSPS) is 16.6. The first-order valence-corrected chi connectivity index (χ1v) is 7.60. The highest BCUT2D eigenvalue weighted by Crippen LogP contribution is 2.29. The standard InChI is InChI=1S/C15H17BrN2O2/c16-13-3-4-14(19)15-12(13)2-1-11(17-15)5-6-18-7-9-20-10-8-18/h1-4,19H,5-10H2. The van der Waals surface area contributed by atoms with Crippen molar-refractivity contribution < 1.29 is 9.84 Å². The second kappa shape index (κ2) is 6.08. The van der Waals surface area contributed by atoms with Crippen molar-refractivity contribution >= 4 is 26.8 Å². The molecule has 0 atom stereocenters. The van der Waals surface area contributed by atoms with E-state index >= 15 is 0 Å². The summed E-state index contributed by atoms with van der Waals surface area (Å²) in [4.78, 5) is 6.97. The molecule has 1 aliphatic rings. The van der Waals surface area contributed by atoms with Crippen LogP contribution in [0.1, 0.15) is 5.69 Å². The van der Waals surface area contributed by atoms with Crippen LogP contribution in [0.15, 0.2) is 28.7 Å². The average molecular weight is 337 g/mol. The van der Waals surface area contributed by atoms with Gasteiger partial charge in [-0.1, -0.05) is 15.9 Å². The van der Waals surface area contributed by atoms with Crippen LogP contribution in [0.3, 0.4) is 0 Å². The van der Waals surface area contributed by atoms with E-state index in [1.54, 1.807) is 6.07 Å². The van der Waals surface area contributed by atoms with E-state index in [1.165, 1.54) is 0 Å². The van der Waals surface area contributed by atoms with Crippen molar-refractivity contribution in [2.24, 2.45) is 0 Å². The number of phenolic OH excluding ortho intramolecular Hbond substituents is 1. The molecule has 106 valence electrons. The highest BCUT2D eigenvalue weighted by molar-refractivity contribution is 9.10. The van der Waals surface area contributed by atoms with Gasteiger partial charge in [0.05, 0.1) is 13.2 Å². The van der Waals surface area contributed by atoms with Gasteiger partial charge >= 0.3 is 0 Å². The molecule has 0 saturated carbocycles. The van der Waals surface area contributed by atoms with Gasteiger partial charge in [-0.25, -0.2) is 4.98 Å². The van der Waals surface area contributed by atoms with Crippen molar-refractivity contribution in [3.63, 3.8) is 0 Å². The third-order valence-corrected chi connectivity index (χ3v) is 4.32. The molecule has 1 N–H and O–H groups in total. The molecule has 0 radical (unpaired) electrons. The third kappa shape index (κ3) is 2.95. The molecule has 0 aliphatic carbocycles. The zero-order chi connectivity index (χ0) is 13.9. The lowest BCUT2D eigenvalue weighted by Crippen LogP contribution is -2.37. The van der Waals surface area contributed by atoms with Crippen LogP contribution in [0.4, 0.5) is 0 Å². The van der Waals surface area contributed by atoms with E-state index in [0.717, 1.165) is 54.8 Å². The van der Waals surface area contributed by atoms with E-state index in [0.29, 0.717) is 5.52 Å². The second-order valence-corrected chi connectivity index (χ2v) is 5.82. The van der Waals surface area contributed by atoms with Crippen molar-refractivity contribution in [1.29, 1.82) is 0 Å². The number of benzene rings is 1. The fourth-order valence-electron chi connectivity index (χ4n) is 2.45. The minimum Gasteiger partial charge on any atom is -0.506 e. The summed E-state index contributed by atoms with van der Waals surface area (Å²) in [7, 11) is 0. The van der Waals surface area contributed by atoms with Crippen LogP contribution in [0.2, 0.25) is 0 Å². The number of morpholine rings is 1. The maximum Gasteiger partial charge on any atom is 0.141 e. The first-order valence-electron chi connectivity index (χ1n) is 6.81. The number of hydrogen-bond acceptors (Lipinski definition) is 4. The molecule has 1 aliphatic heterocycles. The van der Waals surface area contributed by atoms with Gasteiger partial charge in [0, 0.05) is 41.6 Å². The van der Waals surface area contributed by atoms with Gasteiger partial charge in [0.25, 0.3) is 0 Å². The van der Waals surface area contributed by atoms with Gasteiger partial charge in [0.15, 0.2) is 0 Å². The number of ether oxygens (including phenoxy) is 1. The van der Waals surface area contributed by atoms with Gasteiger partial charge in [-0.15, -0.1) is 0 Å². The number of aromatic hydroxyl groups is 1. The molecule has 20 heavy (non-hydrogen) atoms. The van der Waals surface area contributed by atoms with E-state index in [2.05, 4.69) is 25.8 Å². The minimum atomic E-state index is 0.233. The van der Waals surface area contributed by atoms with Crippen LogP contribution in [0.25, 0.3) is 10.9 Å². The molecule has 4 nitrogen and oxygen atoms in total.